The average molecular weight is 465 g/mol. The van der Waals surface area contributed by atoms with Crippen LogP contribution in [0.1, 0.15) is 51.2 Å². The van der Waals surface area contributed by atoms with Crippen LogP contribution in [0.15, 0.2) is 72.9 Å². The number of imidazole rings is 1. The molecule has 2 heterocycles. The van der Waals surface area contributed by atoms with Crippen LogP contribution in [-0.4, -0.2) is 21.1 Å². The largest absolute Gasteiger partial charge is 0.444 e. The first-order chi connectivity index (χ1) is 16.8. The van der Waals surface area contributed by atoms with Gasteiger partial charge in [-0.3, -0.25) is 4.40 Å². The minimum atomic E-state index is -0.540. The molecule has 6 nitrogen and oxygen atoms in total. The lowest BCUT2D eigenvalue weighted by molar-refractivity contribution is 0.0377. The minimum Gasteiger partial charge on any atom is -0.444 e. The predicted octanol–water partition coefficient (Wildman–Crippen LogP) is 6.44. The molecule has 1 amide bonds. The van der Waals surface area contributed by atoms with Gasteiger partial charge in [0, 0.05) is 17.3 Å². The number of hydrogen-bond donors (Lipinski definition) is 1. The van der Waals surface area contributed by atoms with Crippen LogP contribution in [0.25, 0.3) is 28.2 Å². The SMILES string of the molecule is CC(C)(C)OC(=O)NC1(c2ccc(-c3nc4cc(C#N)ccn4c3-c3ccccc3)cc2)CCC1. The van der Waals surface area contributed by atoms with Crippen LogP contribution in [0, 0.1) is 11.3 Å². The summed E-state index contributed by atoms with van der Waals surface area (Å²) in [6.07, 6.45) is 4.33. The van der Waals surface area contributed by atoms with E-state index in [-0.39, 0.29) is 6.09 Å². The summed E-state index contributed by atoms with van der Waals surface area (Å²) in [6.45, 7) is 5.61. The molecule has 2 aromatic carbocycles. The summed E-state index contributed by atoms with van der Waals surface area (Å²) in [4.78, 5) is 17.4. The van der Waals surface area contributed by atoms with Gasteiger partial charge in [-0.2, -0.15) is 5.26 Å². The molecule has 0 unspecified atom stereocenters. The van der Waals surface area contributed by atoms with Crippen molar-refractivity contribution in [2.24, 2.45) is 0 Å². The fourth-order valence-electron chi connectivity index (χ4n) is 4.65. The number of benzene rings is 2. The Bertz CT molecular complexity index is 1420. The number of aromatic nitrogens is 2. The van der Waals surface area contributed by atoms with Gasteiger partial charge in [0.1, 0.15) is 11.2 Å². The van der Waals surface area contributed by atoms with Crippen molar-refractivity contribution >= 4 is 11.7 Å². The molecule has 0 radical (unpaired) electrons. The van der Waals surface area contributed by atoms with Gasteiger partial charge >= 0.3 is 6.09 Å². The number of carbonyl (C=O) groups excluding carboxylic acids is 1. The zero-order valence-corrected chi connectivity index (χ0v) is 20.2. The second-order valence-corrected chi connectivity index (χ2v) is 10.1. The van der Waals surface area contributed by atoms with E-state index in [0.29, 0.717) is 5.56 Å². The molecule has 0 aliphatic heterocycles. The normalized spacial score (nSPS) is 14.7. The molecule has 35 heavy (non-hydrogen) atoms. The average Bonchev–Trinajstić information content (AvgIpc) is 3.19. The lowest BCUT2D eigenvalue weighted by atomic mass is 9.71. The highest BCUT2D eigenvalue weighted by molar-refractivity contribution is 5.82. The van der Waals surface area contributed by atoms with E-state index in [2.05, 4.69) is 47.8 Å². The molecule has 1 N–H and O–H groups in total. The van der Waals surface area contributed by atoms with E-state index in [1.54, 1.807) is 12.1 Å². The molecule has 1 aliphatic carbocycles. The van der Waals surface area contributed by atoms with Crippen LogP contribution in [-0.2, 0) is 10.3 Å². The molecule has 1 aliphatic rings. The molecule has 1 saturated carbocycles. The van der Waals surface area contributed by atoms with Crippen molar-refractivity contribution < 1.29 is 9.53 Å². The Hall–Kier alpha value is -4.11. The Morgan fingerprint density at radius 2 is 1.77 bits per heavy atom. The summed E-state index contributed by atoms with van der Waals surface area (Å²) in [6, 6.07) is 24.2. The Morgan fingerprint density at radius 3 is 2.37 bits per heavy atom. The maximum absolute atomic E-state index is 12.5. The van der Waals surface area contributed by atoms with Gasteiger partial charge in [-0.15, -0.1) is 0 Å². The van der Waals surface area contributed by atoms with Crippen molar-refractivity contribution in [2.45, 2.75) is 51.2 Å². The number of pyridine rings is 1. The summed E-state index contributed by atoms with van der Waals surface area (Å²) in [7, 11) is 0. The Balaban J connectivity index is 1.53. The monoisotopic (exact) mass is 464 g/mol. The van der Waals surface area contributed by atoms with Gasteiger partial charge < -0.3 is 10.1 Å². The molecule has 4 aromatic rings. The summed E-state index contributed by atoms with van der Waals surface area (Å²) in [5, 5.41) is 12.5. The Kier molecular flexibility index (Phi) is 5.56. The topological polar surface area (TPSA) is 79.4 Å². The lowest BCUT2D eigenvalue weighted by Gasteiger charge is -2.43. The Morgan fingerprint density at radius 1 is 1.06 bits per heavy atom. The van der Waals surface area contributed by atoms with Gasteiger partial charge in [-0.1, -0.05) is 54.6 Å². The van der Waals surface area contributed by atoms with Gasteiger partial charge in [0.15, 0.2) is 0 Å². The molecule has 0 atom stereocenters. The maximum atomic E-state index is 12.5. The lowest BCUT2D eigenvalue weighted by Crippen LogP contribution is -2.52. The van der Waals surface area contributed by atoms with Gasteiger partial charge in [-0.25, -0.2) is 9.78 Å². The van der Waals surface area contributed by atoms with Crippen molar-refractivity contribution in [1.29, 1.82) is 5.26 Å². The highest BCUT2D eigenvalue weighted by Gasteiger charge is 2.41. The summed E-state index contributed by atoms with van der Waals surface area (Å²) in [5.74, 6) is 0. The number of carbonyl (C=O) groups is 1. The molecule has 176 valence electrons. The number of nitrogens with one attached hydrogen (secondary N) is 1. The van der Waals surface area contributed by atoms with Crippen LogP contribution in [0.2, 0.25) is 0 Å². The summed E-state index contributed by atoms with van der Waals surface area (Å²) < 4.78 is 7.54. The number of nitrogens with zero attached hydrogens (tertiary/aromatic N) is 3. The number of ether oxygens (including phenoxy) is 1. The molecule has 0 saturated heterocycles. The van der Waals surface area contributed by atoms with Crippen LogP contribution in [0.5, 0.6) is 0 Å². The number of fused-ring (bicyclic) bond motifs is 1. The third kappa shape index (κ3) is 4.38. The Labute approximate surface area is 205 Å². The van der Waals surface area contributed by atoms with E-state index >= 15 is 0 Å². The van der Waals surface area contributed by atoms with Gasteiger partial charge in [0.25, 0.3) is 0 Å². The number of rotatable bonds is 4. The quantitative estimate of drug-likeness (QED) is 0.377. The van der Waals surface area contributed by atoms with Crippen molar-refractivity contribution in [3.8, 4) is 28.6 Å². The third-order valence-electron chi connectivity index (χ3n) is 6.46. The van der Waals surface area contributed by atoms with E-state index < -0.39 is 11.1 Å². The summed E-state index contributed by atoms with van der Waals surface area (Å²) in [5.41, 5.74) is 5.27. The summed E-state index contributed by atoms with van der Waals surface area (Å²) >= 11 is 0. The van der Waals surface area contributed by atoms with Crippen LogP contribution in [0.3, 0.4) is 0 Å². The minimum absolute atomic E-state index is 0.388. The first-order valence-electron chi connectivity index (χ1n) is 11.9. The van der Waals surface area contributed by atoms with E-state index in [1.165, 1.54) is 0 Å². The molecule has 6 heteroatoms. The van der Waals surface area contributed by atoms with Gasteiger partial charge in [0.05, 0.1) is 28.6 Å². The van der Waals surface area contributed by atoms with Crippen molar-refractivity contribution in [3.05, 3.63) is 84.1 Å². The third-order valence-corrected chi connectivity index (χ3v) is 6.46. The second-order valence-electron chi connectivity index (χ2n) is 10.1. The number of alkyl carbamates (subject to hydrolysis) is 1. The molecular formula is C29H28N4O2. The zero-order valence-electron chi connectivity index (χ0n) is 20.2. The van der Waals surface area contributed by atoms with Crippen molar-refractivity contribution in [1.82, 2.24) is 14.7 Å². The molecule has 0 spiro atoms. The highest BCUT2D eigenvalue weighted by Crippen LogP contribution is 2.42. The second kappa shape index (κ2) is 8.59. The number of nitriles is 1. The van der Waals surface area contributed by atoms with Crippen LogP contribution < -0.4 is 5.32 Å². The van der Waals surface area contributed by atoms with Gasteiger partial charge in [0.2, 0.25) is 0 Å². The highest BCUT2D eigenvalue weighted by atomic mass is 16.6. The van der Waals surface area contributed by atoms with E-state index in [1.807, 2.05) is 49.6 Å². The standard InChI is InChI=1S/C29H28N4O2/c1-28(2,3)35-27(34)32-29(15-7-16-29)23-12-10-21(11-13-23)25-26(22-8-5-4-6-9-22)33-17-14-20(19-30)18-24(33)31-25/h4-6,8-14,17-18H,7,15-16H2,1-3H3,(H,32,34). The van der Waals surface area contributed by atoms with Crippen molar-refractivity contribution in [2.75, 3.05) is 0 Å². The van der Waals surface area contributed by atoms with E-state index in [4.69, 9.17) is 9.72 Å². The van der Waals surface area contributed by atoms with E-state index in [9.17, 15) is 10.1 Å². The van der Waals surface area contributed by atoms with Crippen LogP contribution in [0.4, 0.5) is 4.79 Å². The molecular weight excluding hydrogens is 436 g/mol. The zero-order chi connectivity index (χ0) is 24.6. The number of amides is 1. The van der Waals surface area contributed by atoms with E-state index in [0.717, 1.165) is 53.0 Å². The molecule has 2 aromatic heterocycles. The molecule has 1 fully saturated rings. The van der Waals surface area contributed by atoms with Crippen molar-refractivity contribution in [3.63, 3.8) is 0 Å². The fourth-order valence-corrected chi connectivity index (χ4v) is 4.65. The molecule has 5 rings (SSSR count). The molecule has 0 bridgehead atoms. The predicted molar refractivity (Wildman–Crippen MR) is 136 cm³/mol. The first kappa shape index (κ1) is 22.7. The fraction of sp³-hybridized carbons (Fsp3) is 0.276. The maximum Gasteiger partial charge on any atom is 0.408 e. The van der Waals surface area contributed by atoms with Crippen LogP contribution >= 0.6 is 0 Å². The smallest absolute Gasteiger partial charge is 0.408 e. The number of hydrogen-bond acceptors (Lipinski definition) is 4. The van der Waals surface area contributed by atoms with Gasteiger partial charge in [-0.05, 0) is 57.7 Å². The first-order valence-corrected chi connectivity index (χ1v) is 11.9.